The van der Waals surface area contributed by atoms with Crippen LogP contribution in [0, 0.1) is 18.7 Å². The van der Waals surface area contributed by atoms with Crippen molar-refractivity contribution in [2.45, 2.75) is 38.3 Å². The highest BCUT2D eigenvalue weighted by atomic mass is 19.1. The zero-order valence-electron chi connectivity index (χ0n) is 14.7. The Morgan fingerprint density at radius 3 is 2.96 bits per heavy atom. The second-order valence-electron chi connectivity index (χ2n) is 7.33. The molecule has 8 heteroatoms. The van der Waals surface area contributed by atoms with E-state index in [0.717, 1.165) is 30.1 Å². The number of fused-ring (bicyclic) bond motifs is 4. The minimum absolute atomic E-state index is 0.00304. The molecule has 2 atom stereocenters. The molecule has 3 aliphatic rings. The van der Waals surface area contributed by atoms with E-state index in [1.54, 1.807) is 6.07 Å². The number of hydrogen-bond donors (Lipinski definition) is 2. The van der Waals surface area contributed by atoms with Crippen molar-refractivity contribution in [3.63, 3.8) is 0 Å². The molecule has 0 aromatic carbocycles. The molecule has 4 heterocycles. The van der Waals surface area contributed by atoms with Gasteiger partial charge in [0.2, 0.25) is 0 Å². The molecule has 26 heavy (non-hydrogen) atoms. The molecule has 2 N–H and O–H groups in total. The average molecular weight is 359 g/mol. The Balaban J connectivity index is 1.60. The van der Waals surface area contributed by atoms with Gasteiger partial charge in [-0.05, 0) is 26.2 Å². The van der Waals surface area contributed by atoms with Gasteiger partial charge in [0.25, 0.3) is 0 Å². The molecule has 2 aliphatic heterocycles. The first-order chi connectivity index (χ1) is 12.7. The zero-order valence-corrected chi connectivity index (χ0v) is 14.7. The zero-order chi connectivity index (χ0) is 17.7. The highest BCUT2D eigenvalue weighted by molar-refractivity contribution is 5.65. The number of aromatic nitrogens is 3. The molecule has 2 aromatic rings. The first kappa shape index (κ1) is 15.9. The first-order valence-corrected chi connectivity index (χ1v) is 9.18. The van der Waals surface area contributed by atoms with E-state index in [1.165, 1.54) is 12.6 Å². The summed E-state index contributed by atoms with van der Waals surface area (Å²) in [4.78, 5) is 4.20. The molecule has 7 nitrogen and oxygen atoms in total. The third-order valence-corrected chi connectivity index (χ3v) is 5.53. The third-order valence-electron chi connectivity index (χ3n) is 5.53. The van der Waals surface area contributed by atoms with Gasteiger partial charge in [-0.3, -0.25) is 0 Å². The normalized spacial score (nSPS) is 25.0. The van der Waals surface area contributed by atoms with Crippen LogP contribution in [0.3, 0.4) is 0 Å². The van der Waals surface area contributed by atoms with Crippen molar-refractivity contribution in [2.75, 3.05) is 30.5 Å². The first-order valence-electron chi connectivity index (χ1n) is 9.18. The van der Waals surface area contributed by atoms with E-state index in [9.17, 15) is 4.39 Å². The Bertz CT molecular complexity index is 835. The fraction of sp³-hybridized carbons (Fsp3) is 0.556. The van der Waals surface area contributed by atoms with Gasteiger partial charge in [-0.25, -0.2) is 14.1 Å². The van der Waals surface area contributed by atoms with E-state index in [0.29, 0.717) is 37.4 Å². The smallest absolute Gasteiger partial charge is 0.184 e. The van der Waals surface area contributed by atoms with Crippen molar-refractivity contribution >= 4 is 17.3 Å². The maximum atomic E-state index is 14.2. The maximum absolute atomic E-state index is 14.2. The van der Waals surface area contributed by atoms with Crippen molar-refractivity contribution in [1.82, 2.24) is 14.8 Å². The molecule has 1 aliphatic carbocycles. The van der Waals surface area contributed by atoms with E-state index in [-0.39, 0.29) is 17.8 Å². The summed E-state index contributed by atoms with van der Waals surface area (Å²) in [5.41, 5.74) is 1.28. The fourth-order valence-corrected chi connectivity index (χ4v) is 3.77. The van der Waals surface area contributed by atoms with Crippen LogP contribution in [-0.2, 0) is 4.74 Å². The number of halogens is 1. The highest BCUT2D eigenvalue weighted by Gasteiger charge is 2.32. The number of hydrogen-bond acceptors (Lipinski definition) is 6. The molecule has 2 fully saturated rings. The number of nitrogens with zero attached hydrogens (tertiary/aromatic N) is 3. The van der Waals surface area contributed by atoms with Gasteiger partial charge in [-0.15, -0.1) is 0 Å². The number of nitrogens with one attached hydrogen (secondary N) is 2. The summed E-state index contributed by atoms with van der Waals surface area (Å²) in [5, 5.41) is 11.3. The molecule has 0 spiro atoms. The lowest BCUT2D eigenvalue weighted by atomic mass is 9.93. The third kappa shape index (κ3) is 2.59. The Hall–Kier alpha value is -2.35. The lowest BCUT2D eigenvalue weighted by molar-refractivity contribution is 0.167. The lowest BCUT2D eigenvalue weighted by Crippen LogP contribution is -2.32. The molecule has 0 unspecified atom stereocenters. The Morgan fingerprint density at radius 1 is 1.27 bits per heavy atom. The Kier molecular flexibility index (Phi) is 3.74. The summed E-state index contributed by atoms with van der Waals surface area (Å²) in [6.45, 7) is 3.58. The minimum Gasteiger partial charge on any atom is -0.487 e. The summed E-state index contributed by atoms with van der Waals surface area (Å²) in [5.74, 6) is 1.89. The molecule has 1 saturated carbocycles. The van der Waals surface area contributed by atoms with Crippen LogP contribution in [0.25, 0.3) is 0 Å². The molecule has 0 radical (unpaired) electrons. The van der Waals surface area contributed by atoms with Gasteiger partial charge in [0.05, 0.1) is 43.8 Å². The largest absolute Gasteiger partial charge is 0.487 e. The SMILES string of the molecule is Cc1nn(C2CCC2)c2c1OC[C@@H]1COC[C@H]1Nc1cc(ncc1F)N2. The van der Waals surface area contributed by atoms with Crippen molar-refractivity contribution in [1.29, 1.82) is 0 Å². The summed E-state index contributed by atoms with van der Waals surface area (Å²) in [7, 11) is 0. The molecule has 2 bridgehead atoms. The summed E-state index contributed by atoms with van der Waals surface area (Å²) < 4.78 is 28.0. The Labute approximate surface area is 150 Å². The predicted octanol–water partition coefficient (Wildman–Crippen LogP) is 3.01. The number of pyridine rings is 1. The van der Waals surface area contributed by atoms with Crippen LogP contribution >= 0.6 is 0 Å². The van der Waals surface area contributed by atoms with Gasteiger partial charge in [-0.1, -0.05) is 0 Å². The van der Waals surface area contributed by atoms with Gasteiger partial charge in [0.15, 0.2) is 17.4 Å². The van der Waals surface area contributed by atoms with Crippen LogP contribution in [0.5, 0.6) is 5.75 Å². The van der Waals surface area contributed by atoms with Crippen molar-refractivity contribution in [2.24, 2.45) is 5.92 Å². The van der Waals surface area contributed by atoms with E-state index >= 15 is 0 Å². The van der Waals surface area contributed by atoms with E-state index in [2.05, 4.69) is 15.6 Å². The number of ether oxygens (including phenoxy) is 2. The van der Waals surface area contributed by atoms with E-state index < -0.39 is 0 Å². The monoisotopic (exact) mass is 359 g/mol. The maximum Gasteiger partial charge on any atom is 0.184 e. The average Bonchev–Trinajstić information content (AvgIpc) is 3.12. The molecule has 0 amide bonds. The topological polar surface area (TPSA) is 73.2 Å². The molecular formula is C18H22FN5O2. The standard InChI is InChI=1S/C18H22FN5O2/c1-10-17-18(24(23-10)12-3-2-4-12)22-16-5-14(13(19)6-20-16)21-15-9-25-7-11(15)8-26-17/h5-6,11-12,15,21H,2-4,7-9H2,1H3,(H,20,22)/t11-,15+/m0/s1. The van der Waals surface area contributed by atoms with Gasteiger partial charge >= 0.3 is 0 Å². The minimum atomic E-state index is -0.370. The van der Waals surface area contributed by atoms with E-state index in [4.69, 9.17) is 14.6 Å². The molecule has 5 rings (SSSR count). The second-order valence-corrected chi connectivity index (χ2v) is 7.33. The van der Waals surface area contributed by atoms with Gasteiger partial charge in [-0.2, -0.15) is 5.10 Å². The van der Waals surface area contributed by atoms with Crippen LogP contribution in [0.4, 0.5) is 21.7 Å². The summed E-state index contributed by atoms with van der Waals surface area (Å²) in [6, 6.07) is 2.08. The van der Waals surface area contributed by atoms with Gasteiger partial charge < -0.3 is 20.1 Å². The highest BCUT2D eigenvalue weighted by Crippen LogP contribution is 2.40. The second kappa shape index (κ2) is 6.12. The fourth-order valence-electron chi connectivity index (χ4n) is 3.77. The summed E-state index contributed by atoms with van der Waals surface area (Å²) >= 11 is 0. The molecule has 2 aromatic heterocycles. The Morgan fingerprint density at radius 2 is 2.15 bits per heavy atom. The van der Waals surface area contributed by atoms with Crippen molar-refractivity contribution in [3.05, 3.63) is 23.8 Å². The molecular weight excluding hydrogens is 337 g/mol. The van der Waals surface area contributed by atoms with Crippen molar-refractivity contribution < 1.29 is 13.9 Å². The molecule has 1 saturated heterocycles. The van der Waals surface area contributed by atoms with Crippen LogP contribution in [0.15, 0.2) is 12.3 Å². The lowest BCUT2D eigenvalue weighted by Gasteiger charge is -2.27. The number of rotatable bonds is 1. The van der Waals surface area contributed by atoms with Crippen LogP contribution in [0.2, 0.25) is 0 Å². The van der Waals surface area contributed by atoms with Gasteiger partial charge in [0, 0.05) is 12.0 Å². The van der Waals surface area contributed by atoms with Gasteiger partial charge in [0.1, 0.15) is 11.5 Å². The quantitative estimate of drug-likeness (QED) is 0.815. The van der Waals surface area contributed by atoms with Crippen LogP contribution in [0.1, 0.15) is 31.0 Å². The van der Waals surface area contributed by atoms with Crippen LogP contribution < -0.4 is 15.4 Å². The predicted molar refractivity (Wildman–Crippen MR) is 94.5 cm³/mol. The van der Waals surface area contributed by atoms with Crippen molar-refractivity contribution in [3.8, 4) is 5.75 Å². The van der Waals surface area contributed by atoms with Crippen LogP contribution in [-0.4, -0.2) is 40.6 Å². The van der Waals surface area contributed by atoms with E-state index in [1.807, 2.05) is 11.6 Å². The molecule has 138 valence electrons. The number of aryl methyl sites for hydroxylation is 1. The summed E-state index contributed by atoms with van der Waals surface area (Å²) in [6.07, 6.45) is 4.67. The number of anilines is 3.